The van der Waals surface area contributed by atoms with Gasteiger partial charge in [0.2, 0.25) is 5.95 Å². The molecule has 3 aromatic rings. The molecule has 0 saturated carbocycles. The summed E-state index contributed by atoms with van der Waals surface area (Å²) in [6.45, 7) is 4.70. The third kappa shape index (κ3) is 3.80. The van der Waals surface area contributed by atoms with Crippen molar-refractivity contribution in [1.82, 2.24) is 25.1 Å². The Kier molecular flexibility index (Phi) is 5.18. The van der Waals surface area contributed by atoms with Crippen LogP contribution < -0.4 is 10.2 Å². The van der Waals surface area contributed by atoms with Crippen LogP contribution in [0.15, 0.2) is 54.6 Å². The summed E-state index contributed by atoms with van der Waals surface area (Å²) in [4.78, 5) is 16.4. The van der Waals surface area contributed by atoms with Crippen LogP contribution in [0.5, 0.6) is 0 Å². The van der Waals surface area contributed by atoms with Gasteiger partial charge < -0.3 is 15.1 Å². The molecule has 1 saturated heterocycles. The molecule has 144 valence electrons. The number of urea groups is 1. The number of hydrogen-bond acceptors (Lipinski definition) is 5. The van der Waals surface area contributed by atoms with E-state index in [4.69, 9.17) is 0 Å². The molecule has 0 atom stereocenters. The van der Waals surface area contributed by atoms with E-state index in [1.165, 1.54) is 5.56 Å². The van der Waals surface area contributed by atoms with Crippen molar-refractivity contribution < 1.29 is 4.79 Å². The van der Waals surface area contributed by atoms with Crippen LogP contribution in [0.3, 0.4) is 0 Å². The molecule has 1 N–H and O–H groups in total. The maximum absolute atomic E-state index is 12.5. The van der Waals surface area contributed by atoms with E-state index >= 15 is 0 Å². The maximum atomic E-state index is 12.5. The zero-order valence-corrected chi connectivity index (χ0v) is 15.8. The fourth-order valence-corrected chi connectivity index (χ4v) is 3.29. The fourth-order valence-electron chi connectivity index (χ4n) is 3.29. The topological polar surface area (TPSA) is 79.2 Å². The number of piperazine rings is 1. The minimum absolute atomic E-state index is 0.0823. The minimum Gasteiger partial charge on any atom is -0.336 e. The third-order valence-electron chi connectivity index (χ3n) is 4.89. The number of rotatable bonds is 4. The lowest BCUT2D eigenvalue weighted by Gasteiger charge is -2.34. The Balaban J connectivity index is 1.42. The van der Waals surface area contributed by atoms with Crippen molar-refractivity contribution in [3.63, 3.8) is 0 Å². The Morgan fingerprint density at radius 1 is 1.04 bits per heavy atom. The van der Waals surface area contributed by atoms with Crippen LogP contribution in [0.25, 0.3) is 5.69 Å². The Morgan fingerprint density at radius 2 is 1.82 bits per heavy atom. The van der Waals surface area contributed by atoms with Gasteiger partial charge in [-0.15, -0.1) is 0 Å². The predicted molar refractivity (Wildman–Crippen MR) is 108 cm³/mol. The number of tetrazole rings is 1. The number of aromatic nitrogens is 4. The summed E-state index contributed by atoms with van der Waals surface area (Å²) in [5, 5.41) is 15.2. The first kappa shape index (κ1) is 18.0. The van der Waals surface area contributed by atoms with Crippen LogP contribution in [-0.2, 0) is 6.42 Å². The van der Waals surface area contributed by atoms with E-state index in [1.54, 1.807) is 4.68 Å². The lowest BCUT2D eigenvalue weighted by Crippen LogP contribution is -2.50. The maximum Gasteiger partial charge on any atom is 0.321 e. The van der Waals surface area contributed by atoms with E-state index in [1.807, 2.05) is 47.4 Å². The molecule has 2 aromatic carbocycles. The zero-order chi connectivity index (χ0) is 19.3. The van der Waals surface area contributed by atoms with E-state index < -0.39 is 0 Å². The standard InChI is InChI=1S/C20H23N7O/c1-2-16-7-6-10-18(15-16)27-19(22-23-24-27)25-11-13-26(14-12-25)20(28)21-17-8-4-3-5-9-17/h3-10,15H,2,11-14H2,1H3,(H,21,28). The van der Waals surface area contributed by atoms with Gasteiger partial charge in [0.1, 0.15) is 0 Å². The molecular formula is C20H23N7O. The average Bonchev–Trinajstić information content (AvgIpc) is 3.24. The number of aryl methyl sites for hydroxylation is 1. The van der Waals surface area contributed by atoms with E-state index in [0.717, 1.165) is 17.8 Å². The van der Waals surface area contributed by atoms with Crippen molar-refractivity contribution in [2.75, 3.05) is 36.4 Å². The minimum atomic E-state index is -0.0823. The molecule has 1 aromatic heterocycles. The SMILES string of the molecule is CCc1cccc(-n2nnnc2N2CCN(C(=O)Nc3ccccc3)CC2)c1. The fraction of sp³-hybridized carbons (Fsp3) is 0.300. The van der Waals surface area contributed by atoms with Crippen LogP contribution in [0.2, 0.25) is 0 Å². The third-order valence-corrected chi connectivity index (χ3v) is 4.89. The van der Waals surface area contributed by atoms with Crippen LogP contribution in [0, 0.1) is 0 Å². The molecule has 0 spiro atoms. The molecule has 0 unspecified atom stereocenters. The highest BCUT2D eigenvalue weighted by Gasteiger charge is 2.25. The van der Waals surface area contributed by atoms with E-state index in [0.29, 0.717) is 32.1 Å². The molecule has 1 aliphatic rings. The van der Waals surface area contributed by atoms with Crippen molar-refractivity contribution in [3.05, 3.63) is 60.2 Å². The van der Waals surface area contributed by atoms with Gasteiger partial charge in [0.15, 0.2) is 0 Å². The van der Waals surface area contributed by atoms with Gasteiger partial charge in [-0.1, -0.05) is 42.4 Å². The normalized spacial score (nSPS) is 14.2. The Bertz CT molecular complexity index is 932. The first-order chi connectivity index (χ1) is 13.7. The molecule has 0 bridgehead atoms. The van der Waals surface area contributed by atoms with Gasteiger partial charge in [-0.05, 0) is 46.7 Å². The van der Waals surface area contributed by atoms with Gasteiger partial charge in [0.25, 0.3) is 0 Å². The Morgan fingerprint density at radius 3 is 2.57 bits per heavy atom. The highest BCUT2D eigenvalue weighted by Crippen LogP contribution is 2.19. The van der Waals surface area contributed by atoms with Crippen molar-refractivity contribution in [2.45, 2.75) is 13.3 Å². The van der Waals surface area contributed by atoms with E-state index in [9.17, 15) is 4.79 Å². The van der Waals surface area contributed by atoms with Crippen molar-refractivity contribution in [3.8, 4) is 5.69 Å². The largest absolute Gasteiger partial charge is 0.336 e. The van der Waals surface area contributed by atoms with Crippen molar-refractivity contribution >= 4 is 17.7 Å². The molecule has 2 amide bonds. The average molecular weight is 377 g/mol. The number of anilines is 2. The highest BCUT2D eigenvalue weighted by molar-refractivity contribution is 5.89. The molecule has 4 rings (SSSR count). The quantitative estimate of drug-likeness (QED) is 0.756. The second-order valence-electron chi connectivity index (χ2n) is 6.68. The molecule has 8 nitrogen and oxygen atoms in total. The summed E-state index contributed by atoms with van der Waals surface area (Å²) in [5.41, 5.74) is 2.99. The van der Waals surface area contributed by atoms with Crippen LogP contribution in [-0.4, -0.2) is 57.3 Å². The summed E-state index contributed by atoms with van der Waals surface area (Å²) in [7, 11) is 0. The second kappa shape index (κ2) is 8.08. The smallest absolute Gasteiger partial charge is 0.321 e. The van der Waals surface area contributed by atoms with Gasteiger partial charge in [-0.3, -0.25) is 0 Å². The number of nitrogens with one attached hydrogen (secondary N) is 1. The van der Waals surface area contributed by atoms with Crippen molar-refractivity contribution in [2.24, 2.45) is 0 Å². The van der Waals surface area contributed by atoms with Gasteiger partial charge in [0.05, 0.1) is 5.69 Å². The van der Waals surface area contributed by atoms with E-state index in [-0.39, 0.29) is 6.03 Å². The van der Waals surface area contributed by atoms with E-state index in [2.05, 4.69) is 44.8 Å². The molecule has 1 aliphatic heterocycles. The predicted octanol–water partition coefficient (Wildman–Crippen LogP) is 2.58. The number of nitrogens with zero attached hydrogens (tertiary/aromatic N) is 6. The first-order valence-electron chi connectivity index (χ1n) is 9.48. The summed E-state index contributed by atoms with van der Waals surface area (Å²) >= 11 is 0. The lowest BCUT2D eigenvalue weighted by molar-refractivity contribution is 0.208. The van der Waals surface area contributed by atoms with Gasteiger partial charge in [-0.25, -0.2) is 4.79 Å². The molecule has 2 heterocycles. The second-order valence-corrected chi connectivity index (χ2v) is 6.68. The Labute approximate surface area is 163 Å². The number of para-hydroxylation sites is 1. The highest BCUT2D eigenvalue weighted by atomic mass is 16.2. The van der Waals surface area contributed by atoms with Crippen molar-refractivity contribution in [1.29, 1.82) is 0 Å². The summed E-state index contributed by atoms with van der Waals surface area (Å²) in [6, 6.07) is 17.6. The summed E-state index contributed by atoms with van der Waals surface area (Å²) in [6.07, 6.45) is 0.959. The van der Waals surface area contributed by atoms with Gasteiger partial charge >= 0.3 is 6.03 Å². The molecule has 0 aliphatic carbocycles. The molecule has 0 radical (unpaired) electrons. The number of carbonyl (C=O) groups is 1. The number of amides is 2. The molecular weight excluding hydrogens is 354 g/mol. The summed E-state index contributed by atoms with van der Waals surface area (Å²) in [5.74, 6) is 0.705. The molecule has 1 fully saturated rings. The monoisotopic (exact) mass is 377 g/mol. The molecule has 8 heteroatoms. The summed E-state index contributed by atoms with van der Waals surface area (Å²) < 4.78 is 1.76. The number of carbonyl (C=O) groups excluding carboxylic acids is 1. The lowest BCUT2D eigenvalue weighted by atomic mass is 10.1. The van der Waals surface area contributed by atoms with Crippen LogP contribution in [0.4, 0.5) is 16.4 Å². The number of benzene rings is 2. The molecule has 28 heavy (non-hydrogen) atoms. The Hall–Kier alpha value is -3.42. The van der Waals surface area contributed by atoms with Crippen LogP contribution in [0.1, 0.15) is 12.5 Å². The number of hydrogen-bond donors (Lipinski definition) is 1. The van der Waals surface area contributed by atoms with Gasteiger partial charge in [0, 0.05) is 31.9 Å². The zero-order valence-electron chi connectivity index (χ0n) is 15.8. The van der Waals surface area contributed by atoms with Gasteiger partial charge in [-0.2, -0.15) is 4.68 Å². The van der Waals surface area contributed by atoms with Crippen LogP contribution >= 0.6 is 0 Å². The first-order valence-corrected chi connectivity index (χ1v) is 9.48.